The normalized spacial score (nSPS) is 25.0. The zero-order valence-electron chi connectivity index (χ0n) is 11.5. The number of hydrogen-bond acceptors (Lipinski definition) is 6. The van der Waals surface area contributed by atoms with Gasteiger partial charge in [0.15, 0.2) is 5.82 Å². The molecule has 0 amide bonds. The molecule has 1 aromatic rings. The van der Waals surface area contributed by atoms with Crippen molar-refractivity contribution in [3.05, 3.63) is 5.82 Å². The van der Waals surface area contributed by atoms with Gasteiger partial charge < -0.3 is 15.5 Å². The lowest BCUT2D eigenvalue weighted by Gasteiger charge is -2.31. The summed E-state index contributed by atoms with van der Waals surface area (Å²) >= 11 is 0. The molecule has 2 unspecified atom stereocenters. The third-order valence-corrected chi connectivity index (χ3v) is 3.58. The Morgan fingerprint density at radius 1 is 1.33 bits per heavy atom. The summed E-state index contributed by atoms with van der Waals surface area (Å²) in [4.78, 5) is 6.17. The first kappa shape index (κ1) is 13.4. The molecule has 102 valence electrons. The zero-order valence-corrected chi connectivity index (χ0v) is 11.5. The first-order valence-electron chi connectivity index (χ1n) is 6.43. The van der Waals surface area contributed by atoms with Gasteiger partial charge >= 0.3 is 0 Å². The third kappa shape index (κ3) is 3.24. The molecular weight excluding hydrogens is 230 g/mol. The quantitative estimate of drug-likeness (QED) is 0.723. The Hall–Kier alpha value is -1.05. The number of nitrogens with two attached hydrogens (primary N) is 1. The van der Waals surface area contributed by atoms with Gasteiger partial charge in [0.1, 0.15) is 0 Å². The van der Waals surface area contributed by atoms with Crippen molar-refractivity contribution in [3.8, 4) is 0 Å². The molecule has 0 aromatic carbocycles. The number of likely N-dealkylation sites (N-methyl/N-ethyl adjacent to an activating group) is 2. The second kappa shape index (κ2) is 5.73. The molecule has 0 bridgehead atoms. The highest BCUT2D eigenvalue weighted by Gasteiger charge is 2.27. The summed E-state index contributed by atoms with van der Waals surface area (Å²) in [5.41, 5.74) is 6.33. The summed E-state index contributed by atoms with van der Waals surface area (Å²) < 4.78 is 0. The van der Waals surface area contributed by atoms with Gasteiger partial charge in [-0.2, -0.15) is 4.80 Å². The van der Waals surface area contributed by atoms with Crippen LogP contribution >= 0.6 is 0 Å². The predicted octanol–water partition coefficient (Wildman–Crippen LogP) is -1.28. The molecule has 1 aliphatic heterocycles. The van der Waals surface area contributed by atoms with E-state index >= 15 is 0 Å². The average Bonchev–Trinajstić information content (AvgIpc) is 2.62. The fourth-order valence-electron chi connectivity index (χ4n) is 2.52. The monoisotopic (exact) mass is 253 g/mol. The molecule has 0 saturated carbocycles. The van der Waals surface area contributed by atoms with Gasteiger partial charge in [-0.25, -0.2) is 0 Å². The maximum absolute atomic E-state index is 6.33. The Morgan fingerprint density at radius 2 is 2.11 bits per heavy atom. The van der Waals surface area contributed by atoms with E-state index in [0.29, 0.717) is 12.5 Å². The van der Waals surface area contributed by atoms with Crippen LogP contribution in [0.2, 0.25) is 0 Å². The first-order chi connectivity index (χ1) is 8.56. The summed E-state index contributed by atoms with van der Waals surface area (Å²) in [6.07, 6.45) is 1.87. The van der Waals surface area contributed by atoms with Crippen LogP contribution in [0.1, 0.15) is 12.2 Å². The van der Waals surface area contributed by atoms with Gasteiger partial charge in [0.2, 0.25) is 0 Å². The lowest BCUT2D eigenvalue weighted by molar-refractivity contribution is 0.194. The van der Waals surface area contributed by atoms with Crippen LogP contribution in [-0.2, 0) is 13.5 Å². The van der Waals surface area contributed by atoms with E-state index in [0.717, 1.165) is 25.5 Å². The second-order valence-corrected chi connectivity index (χ2v) is 5.23. The molecule has 0 spiro atoms. The molecule has 2 N–H and O–H groups in total. The van der Waals surface area contributed by atoms with Crippen LogP contribution in [0.15, 0.2) is 0 Å². The lowest BCUT2D eigenvalue weighted by atomic mass is 10.0. The standard InChI is InChI=1S/C11H23N7/c1-16-5-4-6-17(2)10(8-16)9(12)7-11-13-15-18(3)14-11/h9-10H,4-8,12H2,1-3H3. The van der Waals surface area contributed by atoms with E-state index in [-0.39, 0.29) is 6.04 Å². The van der Waals surface area contributed by atoms with Crippen molar-refractivity contribution in [1.29, 1.82) is 0 Å². The van der Waals surface area contributed by atoms with E-state index in [4.69, 9.17) is 5.73 Å². The average molecular weight is 253 g/mol. The van der Waals surface area contributed by atoms with Crippen LogP contribution in [0.4, 0.5) is 0 Å². The van der Waals surface area contributed by atoms with Crippen LogP contribution in [-0.4, -0.2) is 75.8 Å². The molecule has 7 heteroatoms. The highest BCUT2D eigenvalue weighted by molar-refractivity contribution is 4.92. The van der Waals surface area contributed by atoms with Crippen LogP contribution in [0, 0.1) is 0 Å². The van der Waals surface area contributed by atoms with Gasteiger partial charge in [0, 0.05) is 25.0 Å². The fraction of sp³-hybridized carbons (Fsp3) is 0.909. The molecule has 18 heavy (non-hydrogen) atoms. The summed E-state index contributed by atoms with van der Waals surface area (Å²) in [5, 5.41) is 12.0. The lowest BCUT2D eigenvalue weighted by Crippen LogP contribution is -2.51. The number of rotatable bonds is 3. The van der Waals surface area contributed by atoms with Crippen molar-refractivity contribution in [2.75, 3.05) is 33.7 Å². The number of aromatic nitrogens is 4. The Labute approximate surface area is 108 Å². The molecule has 1 saturated heterocycles. The van der Waals surface area contributed by atoms with Crippen LogP contribution in [0.25, 0.3) is 0 Å². The fourth-order valence-corrected chi connectivity index (χ4v) is 2.52. The van der Waals surface area contributed by atoms with Gasteiger partial charge in [0.25, 0.3) is 0 Å². The van der Waals surface area contributed by atoms with Crippen LogP contribution < -0.4 is 5.73 Å². The topological polar surface area (TPSA) is 76.1 Å². The largest absolute Gasteiger partial charge is 0.326 e. The smallest absolute Gasteiger partial charge is 0.176 e. The molecular formula is C11H23N7. The minimum atomic E-state index is 0.0414. The Kier molecular flexibility index (Phi) is 4.26. The van der Waals surface area contributed by atoms with Crippen molar-refractivity contribution in [1.82, 2.24) is 30.0 Å². The minimum absolute atomic E-state index is 0.0414. The number of tetrazole rings is 1. The van der Waals surface area contributed by atoms with Crippen LogP contribution in [0.5, 0.6) is 0 Å². The Morgan fingerprint density at radius 3 is 2.78 bits per heavy atom. The summed E-state index contributed by atoms with van der Waals surface area (Å²) in [5.74, 6) is 0.727. The molecule has 0 radical (unpaired) electrons. The summed E-state index contributed by atoms with van der Waals surface area (Å²) in [7, 11) is 6.07. The Balaban J connectivity index is 1.99. The van der Waals surface area contributed by atoms with Crippen molar-refractivity contribution < 1.29 is 0 Å². The minimum Gasteiger partial charge on any atom is -0.326 e. The predicted molar refractivity (Wildman–Crippen MR) is 69.0 cm³/mol. The first-order valence-corrected chi connectivity index (χ1v) is 6.43. The second-order valence-electron chi connectivity index (χ2n) is 5.23. The van der Waals surface area contributed by atoms with Gasteiger partial charge in [-0.15, -0.1) is 10.2 Å². The molecule has 0 aliphatic carbocycles. The van der Waals surface area contributed by atoms with Gasteiger partial charge in [-0.05, 0) is 38.8 Å². The maximum Gasteiger partial charge on any atom is 0.176 e. The number of aryl methyl sites for hydroxylation is 1. The molecule has 1 aromatic heterocycles. The summed E-state index contributed by atoms with van der Waals surface area (Å²) in [6.45, 7) is 3.23. The molecule has 2 atom stereocenters. The van der Waals surface area contributed by atoms with Crippen molar-refractivity contribution >= 4 is 0 Å². The third-order valence-electron chi connectivity index (χ3n) is 3.58. The SMILES string of the molecule is CN1CCCN(C)C(C(N)Cc2nnn(C)n2)C1. The summed E-state index contributed by atoms with van der Waals surface area (Å²) in [6, 6.07) is 0.390. The van der Waals surface area contributed by atoms with Crippen molar-refractivity contribution in [2.45, 2.75) is 24.9 Å². The van der Waals surface area contributed by atoms with Crippen molar-refractivity contribution in [2.24, 2.45) is 12.8 Å². The molecule has 7 nitrogen and oxygen atoms in total. The van der Waals surface area contributed by atoms with E-state index in [1.807, 2.05) is 0 Å². The number of hydrogen-bond donors (Lipinski definition) is 1. The zero-order chi connectivity index (χ0) is 13.1. The van der Waals surface area contributed by atoms with Gasteiger partial charge in [0.05, 0.1) is 7.05 Å². The highest BCUT2D eigenvalue weighted by Crippen LogP contribution is 2.11. The number of nitrogens with zero attached hydrogens (tertiary/aromatic N) is 6. The van der Waals surface area contributed by atoms with E-state index in [9.17, 15) is 0 Å². The van der Waals surface area contributed by atoms with Crippen molar-refractivity contribution in [3.63, 3.8) is 0 Å². The van der Waals surface area contributed by atoms with Gasteiger partial charge in [-0.3, -0.25) is 0 Å². The van der Waals surface area contributed by atoms with E-state index in [1.165, 1.54) is 11.2 Å². The van der Waals surface area contributed by atoms with E-state index in [1.54, 1.807) is 7.05 Å². The molecule has 1 aliphatic rings. The molecule has 2 heterocycles. The highest BCUT2D eigenvalue weighted by atomic mass is 15.6. The van der Waals surface area contributed by atoms with Gasteiger partial charge in [-0.1, -0.05) is 0 Å². The van der Waals surface area contributed by atoms with E-state index in [2.05, 4.69) is 39.3 Å². The molecule has 1 fully saturated rings. The molecule has 2 rings (SSSR count). The van der Waals surface area contributed by atoms with E-state index < -0.39 is 0 Å². The Bertz CT molecular complexity index is 377. The maximum atomic E-state index is 6.33. The van der Waals surface area contributed by atoms with Crippen LogP contribution in [0.3, 0.4) is 0 Å².